The Balaban J connectivity index is 3.30. The van der Waals surface area contributed by atoms with Gasteiger partial charge in [-0.15, -0.1) is 0 Å². The van der Waals surface area contributed by atoms with Gasteiger partial charge in [0.1, 0.15) is 11.8 Å². The molecule has 0 bridgehead atoms. The summed E-state index contributed by atoms with van der Waals surface area (Å²) in [4.78, 5) is 10.7. The van der Waals surface area contributed by atoms with Crippen molar-refractivity contribution in [3.05, 3.63) is 35.4 Å². The summed E-state index contributed by atoms with van der Waals surface area (Å²) in [5.74, 6) is -0.417. The topological polar surface area (TPSA) is 70.3 Å². The van der Waals surface area contributed by atoms with Crippen molar-refractivity contribution >= 4 is 11.5 Å². The van der Waals surface area contributed by atoms with E-state index in [-0.39, 0.29) is 5.57 Å². The predicted octanol–water partition coefficient (Wildman–Crippen LogP) is 2.64. The van der Waals surface area contributed by atoms with Crippen molar-refractivity contribution in [2.75, 3.05) is 7.11 Å². The van der Waals surface area contributed by atoms with Gasteiger partial charge < -0.3 is 9.84 Å². The molecule has 0 aliphatic carbocycles. The van der Waals surface area contributed by atoms with Crippen LogP contribution in [0.1, 0.15) is 24.5 Å². The second-order valence-electron chi connectivity index (χ2n) is 3.78. The fourth-order valence-corrected chi connectivity index (χ4v) is 1.73. The number of aryl methyl sites for hydroxylation is 1. The SMILES string of the molecule is CCCc1cc(OC)ccc1C(C#N)=CC(=O)O. The highest BCUT2D eigenvalue weighted by Gasteiger charge is 2.10. The number of benzene rings is 1. The number of hydrogen-bond acceptors (Lipinski definition) is 3. The fraction of sp³-hybridized carbons (Fsp3) is 0.286. The number of carboxylic acid groups (broad SMARTS) is 1. The first-order valence-corrected chi connectivity index (χ1v) is 5.64. The van der Waals surface area contributed by atoms with Crippen LogP contribution in [0.2, 0.25) is 0 Å². The molecule has 94 valence electrons. The van der Waals surface area contributed by atoms with E-state index in [0.29, 0.717) is 11.3 Å². The van der Waals surface area contributed by atoms with Crippen molar-refractivity contribution in [2.45, 2.75) is 19.8 Å². The van der Waals surface area contributed by atoms with E-state index in [4.69, 9.17) is 15.1 Å². The molecule has 1 N–H and O–H groups in total. The lowest BCUT2D eigenvalue weighted by molar-refractivity contribution is -0.131. The van der Waals surface area contributed by atoms with Gasteiger partial charge in [-0.25, -0.2) is 4.79 Å². The van der Waals surface area contributed by atoms with E-state index in [1.54, 1.807) is 19.2 Å². The average molecular weight is 245 g/mol. The molecule has 4 heteroatoms. The normalized spacial score (nSPS) is 10.8. The first-order chi connectivity index (χ1) is 8.62. The zero-order valence-electron chi connectivity index (χ0n) is 10.4. The number of methoxy groups -OCH3 is 1. The molecule has 18 heavy (non-hydrogen) atoms. The van der Waals surface area contributed by atoms with Crippen molar-refractivity contribution < 1.29 is 14.6 Å². The quantitative estimate of drug-likeness (QED) is 0.639. The zero-order valence-corrected chi connectivity index (χ0v) is 10.4. The van der Waals surface area contributed by atoms with Crippen LogP contribution in [-0.2, 0) is 11.2 Å². The smallest absolute Gasteiger partial charge is 0.329 e. The number of hydrogen-bond donors (Lipinski definition) is 1. The number of aliphatic carboxylic acids is 1. The van der Waals surface area contributed by atoms with Crippen LogP contribution in [-0.4, -0.2) is 18.2 Å². The molecule has 0 aliphatic heterocycles. The molecule has 0 atom stereocenters. The fourth-order valence-electron chi connectivity index (χ4n) is 1.73. The molecule has 1 aromatic rings. The van der Waals surface area contributed by atoms with Crippen LogP contribution in [0.5, 0.6) is 5.75 Å². The predicted molar refractivity (Wildman–Crippen MR) is 68.2 cm³/mol. The summed E-state index contributed by atoms with van der Waals surface area (Å²) in [6.45, 7) is 2.02. The van der Waals surface area contributed by atoms with Crippen molar-refractivity contribution in [3.63, 3.8) is 0 Å². The minimum Gasteiger partial charge on any atom is -0.497 e. The largest absolute Gasteiger partial charge is 0.497 e. The van der Waals surface area contributed by atoms with E-state index < -0.39 is 5.97 Å². The Bertz CT molecular complexity index is 512. The number of allylic oxidation sites excluding steroid dienone is 1. The maximum atomic E-state index is 10.7. The van der Waals surface area contributed by atoms with Crippen molar-refractivity contribution in [1.82, 2.24) is 0 Å². The summed E-state index contributed by atoms with van der Waals surface area (Å²) in [6, 6.07) is 7.21. The molecule has 0 saturated heterocycles. The molecular weight excluding hydrogens is 230 g/mol. The van der Waals surface area contributed by atoms with Gasteiger partial charge in [0.2, 0.25) is 0 Å². The second-order valence-corrected chi connectivity index (χ2v) is 3.78. The van der Waals surface area contributed by atoms with Gasteiger partial charge in [0, 0.05) is 6.08 Å². The highest BCUT2D eigenvalue weighted by Crippen LogP contribution is 2.25. The van der Waals surface area contributed by atoms with Crippen LogP contribution < -0.4 is 4.74 Å². The zero-order chi connectivity index (χ0) is 13.5. The molecule has 0 spiro atoms. The highest BCUT2D eigenvalue weighted by atomic mass is 16.5. The summed E-state index contributed by atoms with van der Waals surface area (Å²) in [5, 5.41) is 17.8. The molecule has 0 fully saturated rings. The third kappa shape index (κ3) is 3.36. The number of rotatable bonds is 5. The van der Waals surface area contributed by atoms with E-state index >= 15 is 0 Å². The molecule has 0 unspecified atom stereocenters. The maximum Gasteiger partial charge on any atom is 0.329 e. The van der Waals surface area contributed by atoms with Gasteiger partial charge in [-0.3, -0.25) is 0 Å². The van der Waals surface area contributed by atoms with Crippen LogP contribution in [0.4, 0.5) is 0 Å². The van der Waals surface area contributed by atoms with Gasteiger partial charge in [-0.1, -0.05) is 13.3 Å². The summed E-state index contributed by atoms with van der Waals surface area (Å²) in [5.41, 5.74) is 1.74. The summed E-state index contributed by atoms with van der Waals surface area (Å²) >= 11 is 0. The Labute approximate surface area is 106 Å². The second kappa shape index (κ2) is 6.45. The molecule has 0 amide bonds. The monoisotopic (exact) mass is 245 g/mol. The lowest BCUT2D eigenvalue weighted by atomic mass is 9.97. The molecule has 1 rings (SSSR count). The van der Waals surface area contributed by atoms with Gasteiger partial charge in [0.15, 0.2) is 0 Å². The standard InChI is InChI=1S/C14H15NO3/c1-3-4-10-7-12(18-2)5-6-13(10)11(9-15)8-14(16)17/h5-8H,3-4H2,1-2H3,(H,16,17). The Hall–Kier alpha value is -2.28. The van der Waals surface area contributed by atoms with E-state index in [2.05, 4.69) is 0 Å². The van der Waals surface area contributed by atoms with Crippen LogP contribution in [0.3, 0.4) is 0 Å². The highest BCUT2D eigenvalue weighted by molar-refractivity contribution is 5.94. The number of carboxylic acids is 1. The van der Waals surface area contributed by atoms with Gasteiger partial charge in [0.05, 0.1) is 12.7 Å². The Morgan fingerprint density at radius 1 is 1.56 bits per heavy atom. The summed E-state index contributed by atoms with van der Waals surface area (Å²) < 4.78 is 5.13. The van der Waals surface area contributed by atoms with Gasteiger partial charge in [0.25, 0.3) is 0 Å². The molecule has 0 heterocycles. The molecule has 0 aromatic heterocycles. The van der Waals surface area contributed by atoms with Crippen LogP contribution >= 0.6 is 0 Å². The number of ether oxygens (including phenoxy) is 1. The lowest BCUT2D eigenvalue weighted by Gasteiger charge is -2.09. The van der Waals surface area contributed by atoms with Gasteiger partial charge >= 0.3 is 5.97 Å². The molecule has 0 saturated carbocycles. The first kappa shape index (κ1) is 13.8. The Morgan fingerprint density at radius 2 is 2.28 bits per heavy atom. The summed E-state index contributed by atoms with van der Waals surface area (Å²) in [6.07, 6.45) is 2.61. The molecule has 1 aromatic carbocycles. The molecule has 4 nitrogen and oxygen atoms in total. The number of carbonyl (C=O) groups is 1. The van der Waals surface area contributed by atoms with Crippen LogP contribution in [0.25, 0.3) is 5.57 Å². The van der Waals surface area contributed by atoms with E-state index in [9.17, 15) is 4.79 Å². The minimum atomic E-state index is -1.12. The molecule has 0 radical (unpaired) electrons. The Morgan fingerprint density at radius 3 is 2.78 bits per heavy atom. The first-order valence-electron chi connectivity index (χ1n) is 5.64. The lowest BCUT2D eigenvalue weighted by Crippen LogP contribution is -1.97. The van der Waals surface area contributed by atoms with Gasteiger partial charge in [-0.05, 0) is 35.7 Å². The number of nitrogens with zero attached hydrogens (tertiary/aromatic N) is 1. The van der Waals surface area contributed by atoms with Crippen molar-refractivity contribution in [2.24, 2.45) is 0 Å². The maximum absolute atomic E-state index is 10.7. The third-order valence-electron chi connectivity index (χ3n) is 2.51. The number of nitriles is 1. The molecule has 0 aliphatic rings. The third-order valence-corrected chi connectivity index (χ3v) is 2.51. The Kier molecular flexibility index (Phi) is 4.94. The van der Waals surface area contributed by atoms with Crippen LogP contribution in [0.15, 0.2) is 24.3 Å². The average Bonchev–Trinajstić information content (AvgIpc) is 2.36. The molecular formula is C14H15NO3. The minimum absolute atomic E-state index is 0.161. The van der Waals surface area contributed by atoms with Gasteiger partial charge in [-0.2, -0.15) is 5.26 Å². The van der Waals surface area contributed by atoms with Crippen molar-refractivity contribution in [1.29, 1.82) is 5.26 Å². The van der Waals surface area contributed by atoms with Crippen molar-refractivity contribution in [3.8, 4) is 11.8 Å². The van der Waals surface area contributed by atoms with E-state index in [1.165, 1.54) is 0 Å². The van der Waals surface area contributed by atoms with E-state index in [0.717, 1.165) is 24.5 Å². The van der Waals surface area contributed by atoms with E-state index in [1.807, 2.05) is 19.1 Å². The summed E-state index contributed by atoms with van der Waals surface area (Å²) in [7, 11) is 1.57. The van der Waals surface area contributed by atoms with Crippen LogP contribution in [0, 0.1) is 11.3 Å².